The number of carbonyl (C=O) groups excluding carboxylic acids is 2. The van der Waals surface area contributed by atoms with Gasteiger partial charge in [0.1, 0.15) is 11.8 Å². The zero-order valence-corrected chi connectivity index (χ0v) is 20.2. The number of benzene rings is 2. The highest BCUT2D eigenvalue weighted by Gasteiger charge is 2.35. The molecule has 2 amide bonds. The lowest BCUT2D eigenvalue weighted by Crippen LogP contribution is -2.39. The first-order valence-electron chi connectivity index (χ1n) is 11.1. The first-order valence-corrected chi connectivity index (χ1v) is 11.4. The Hall–Kier alpha value is -3.42. The summed E-state index contributed by atoms with van der Waals surface area (Å²) in [4.78, 5) is 27.5. The van der Waals surface area contributed by atoms with Crippen LogP contribution in [-0.2, 0) is 9.59 Å². The maximum absolute atomic E-state index is 13.2. The zero-order valence-electron chi connectivity index (χ0n) is 19.4. The number of para-hydroxylation sites is 1. The number of nitrogens with zero attached hydrogens (tertiary/aromatic N) is 3. The minimum absolute atomic E-state index is 0.0365. The maximum atomic E-state index is 13.2. The molecule has 1 aliphatic rings. The first-order chi connectivity index (χ1) is 16.3. The molecule has 1 atom stereocenters. The highest BCUT2D eigenvalue weighted by molar-refractivity contribution is 6.30. The van der Waals surface area contributed by atoms with Gasteiger partial charge in [-0.25, -0.2) is 5.01 Å². The number of hydrogen-bond donors (Lipinski definition) is 1. The summed E-state index contributed by atoms with van der Waals surface area (Å²) in [5, 5.41) is 9.67. The van der Waals surface area contributed by atoms with Crippen molar-refractivity contribution in [2.45, 2.75) is 26.3 Å². The Bertz CT molecular complexity index is 1190. The van der Waals surface area contributed by atoms with Crippen LogP contribution in [0.5, 0.6) is 0 Å². The molecule has 34 heavy (non-hydrogen) atoms. The van der Waals surface area contributed by atoms with Gasteiger partial charge in [-0.05, 0) is 61.9 Å². The lowest BCUT2D eigenvalue weighted by Gasteiger charge is -2.23. The van der Waals surface area contributed by atoms with Crippen LogP contribution in [0.3, 0.4) is 0 Å². The number of carbonyl (C=O) groups is 2. The molecule has 2 heterocycles. The van der Waals surface area contributed by atoms with Crippen molar-refractivity contribution in [2.75, 3.05) is 25.5 Å². The summed E-state index contributed by atoms with van der Waals surface area (Å²) in [6, 6.07) is 16.5. The SMILES string of the molecule is Cc1cccc(C)c1NC(=O)CN(C)CC(=O)N1N=C(c2ccc(Cl)cc2)C[C@H]1c1ccco1. The Morgan fingerprint density at radius 1 is 1.09 bits per heavy atom. The summed E-state index contributed by atoms with van der Waals surface area (Å²) in [5.41, 5.74) is 4.48. The highest BCUT2D eigenvalue weighted by atomic mass is 35.5. The normalized spacial score (nSPS) is 15.5. The number of halogens is 1. The quantitative estimate of drug-likeness (QED) is 0.529. The van der Waals surface area contributed by atoms with Crippen molar-refractivity contribution in [3.63, 3.8) is 0 Å². The number of anilines is 1. The monoisotopic (exact) mass is 478 g/mol. The van der Waals surface area contributed by atoms with E-state index in [0.717, 1.165) is 28.1 Å². The Kier molecular flexibility index (Phi) is 7.14. The zero-order chi connectivity index (χ0) is 24.2. The van der Waals surface area contributed by atoms with Crippen LogP contribution in [0.2, 0.25) is 5.02 Å². The molecule has 0 spiro atoms. The molecular weight excluding hydrogens is 452 g/mol. The third-order valence-corrected chi connectivity index (χ3v) is 6.03. The van der Waals surface area contributed by atoms with Crippen LogP contribution >= 0.6 is 11.6 Å². The van der Waals surface area contributed by atoms with Crippen molar-refractivity contribution in [1.82, 2.24) is 9.91 Å². The molecule has 7 nitrogen and oxygen atoms in total. The van der Waals surface area contributed by atoms with Gasteiger partial charge in [-0.2, -0.15) is 5.10 Å². The molecule has 0 aliphatic carbocycles. The van der Waals surface area contributed by atoms with E-state index in [1.807, 2.05) is 50.2 Å². The lowest BCUT2D eigenvalue weighted by atomic mass is 10.0. The molecule has 0 radical (unpaired) electrons. The molecule has 4 rings (SSSR count). The second-order valence-corrected chi connectivity index (χ2v) is 8.95. The molecule has 0 unspecified atom stereocenters. The predicted octanol–water partition coefficient (Wildman–Crippen LogP) is 4.80. The molecule has 0 fully saturated rings. The third kappa shape index (κ3) is 5.38. The van der Waals surface area contributed by atoms with Crippen molar-refractivity contribution in [3.8, 4) is 0 Å². The fourth-order valence-corrected chi connectivity index (χ4v) is 4.18. The molecule has 0 bridgehead atoms. The molecule has 0 saturated carbocycles. The number of furan rings is 1. The number of rotatable bonds is 7. The Morgan fingerprint density at radius 3 is 2.44 bits per heavy atom. The van der Waals surface area contributed by atoms with E-state index in [-0.39, 0.29) is 30.9 Å². The smallest absolute Gasteiger partial charge is 0.257 e. The van der Waals surface area contributed by atoms with Crippen LogP contribution < -0.4 is 5.32 Å². The van der Waals surface area contributed by atoms with Gasteiger partial charge in [0.2, 0.25) is 5.91 Å². The topological polar surface area (TPSA) is 78.2 Å². The fraction of sp³-hybridized carbons (Fsp3) is 0.269. The summed E-state index contributed by atoms with van der Waals surface area (Å²) in [5.74, 6) is 0.270. The van der Waals surface area contributed by atoms with E-state index in [2.05, 4.69) is 10.4 Å². The van der Waals surface area contributed by atoms with Crippen molar-refractivity contribution in [2.24, 2.45) is 5.10 Å². The van der Waals surface area contributed by atoms with E-state index < -0.39 is 0 Å². The summed E-state index contributed by atoms with van der Waals surface area (Å²) < 4.78 is 5.59. The van der Waals surface area contributed by atoms with E-state index in [1.54, 1.807) is 36.4 Å². The van der Waals surface area contributed by atoms with Crippen molar-refractivity contribution in [1.29, 1.82) is 0 Å². The van der Waals surface area contributed by atoms with E-state index in [4.69, 9.17) is 16.0 Å². The fourth-order valence-electron chi connectivity index (χ4n) is 4.05. The molecular formula is C26H27ClN4O3. The van der Waals surface area contributed by atoms with Gasteiger partial charge in [-0.15, -0.1) is 0 Å². The molecule has 1 aliphatic heterocycles. The molecule has 2 aromatic carbocycles. The Morgan fingerprint density at radius 2 is 1.79 bits per heavy atom. The standard InChI is InChI=1S/C26H27ClN4O3/c1-17-6-4-7-18(2)26(17)28-24(32)15-30(3)16-25(33)31-22(23-8-5-13-34-23)14-21(29-31)19-9-11-20(27)12-10-19/h4-13,22H,14-16H2,1-3H3,(H,28,32)/t22-/m0/s1. The van der Waals surface area contributed by atoms with Gasteiger partial charge in [0.05, 0.1) is 25.1 Å². The molecule has 176 valence electrons. The number of likely N-dealkylation sites (N-methyl/N-ethyl adjacent to an activating group) is 1. The van der Waals surface area contributed by atoms with E-state index in [1.165, 1.54) is 5.01 Å². The van der Waals surface area contributed by atoms with Crippen LogP contribution in [0.25, 0.3) is 0 Å². The summed E-state index contributed by atoms with van der Waals surface area (Å²) >= 11 is 6.02. The molecule has 1 N–H and O–H groups in total. The van der Waals surface area contributed by atoms with Crippen molar-refractivity contribution < 1.29 is 14.0 Å². The van der Waals surface area contributed by atoms with Crippen LogP contribution in [-0.4, -0.2) is 47.6 Å². The van der Waals surface area contributed by atoms with Crippen LogP contribution in [0.4, 0.5) is 5.69 Å². The first kappa shape index (κ1) is 23.7. The second kappa shape index (κ2) is 10.2. The third-order valence-electron chi connectivity index (χ3n) is 5.78. The number of hydrogen-bond acceptors (Lipinski definition) is 5. The second-order valence-electron chi connectivity index (χ2n) is 8.51. The molecule has 8 heteroatoms. The minimum Gasteiger partial charge on any atom is -0.467 e. The van der Waals surface area contributed by atoms with E-state index in [0.29, 0.717) is 17.2 Å². The number of nitrogens with one attached hydrogen (secondary N) is 1. The average Bonchev–Trinajstić information content (AvgIpc) is 3.47. The van der Waals surface area contributed by atoms with E-state index >= 15 is 0 Å². The summed E-state index contributed by atoms with van der Waals surface area (Å²) in [6.45, 7) is 4.02. The van der Waals surface area contributed by atoms with Crippen LogP contribution in [0.1, 0.15) is 34.9 Å². The van der Waals surface area contributed by atoms with Gasteiger partial charge < -0.3 is 9.73 Å². The summed E-state index contributed by atoms with van der Waals surface area (Å²) in [7, 11) is 1.74. The average molecular weight is 479 g/mol. The Balaban J connectivity index is 1.45. The number of hydrazone groups is 1. The lowest BCUT2D eigenvalue weighted by molar-refractivity contribution is -0.134. The van der Waals surface area contributed by atoms with Gasteiger partial charge in [0, 0.05) is 17.1 Å². The van der Waals surface area contributed by atoms with Gasteiger partial charge >= 0.3 is 0 Å². The van der Waals surface area contributed by atoms with Crippen molar-refractivity contribution >= 4 is 34.8 Å². The van der Waals surface area contributed by atoms with Gasteiger partial charge in [0.25, 0.3) is 5.91 Å². The molecule has 1 aromatic heterocycles. The van der Waals surface area contributed by atoms with Crippen LogP contribution in [0, 0.1) is 13.8 Å². The minimum atomic E-state index is -0.343. The maximum Gasteiger partial charge on any atom is 0.257 e. The van der Waals surface area contributed by atoms with Gasteiger partial charge in [-0.3, -0.25) is 14.5 Å². The van der Waals surface area contributed by atoms with E-state index in [9.17, 15) is 9.59 Å². The number of amides is 2. The number of aryl methyl sites for hydroxylation is 2. The Labute approximate surface area is 204 Å². The molecule has 3 aromatic rings. The van der Waals surface area contributed by atoms with Crippen LogP contribution in [0.15, 0.2) is 70.4 Å². The van der Waals surface area contributed by atoms with Crippen molar-refractivity contribution in [3.05, 3.63) is 88.3 Å². The van der Waals surface area contributed by atoms with Gasteiger partial charge in [0.15, 0.2) is 0 Å². The largest absolute Gasteiger partial charge is 0.467 e. The predicted molar refractivity (Wildman–Crippen MR) is 133 cm³/mol. The van der Waals surface area contributed by atoms with Gasteiger partial charge in [-0.1, -0.05) is 41.9 Å². The highest BCUT2D eigenvalue weighted by Crippen LogP contribution is 2.33. The summed E-state index contributed by atoms with van der Waals surface area (Å²) in [6.07, 6.45) is 2.11. The molecule has 0 saturated heterocycles.